The molecule has 0 unspecified atom stereocenters. The summed E-state index contributed by atoms with van der Waals surface area (Å²) >= 11 is 3.44. The first-order chi connectivity index (χ1) is 9.19. The molecular formula is C15H17BrN2O. The van der Waals surface area contributed by atoms with Crippen molar-refractivity contribution >= 4 is 21.7 Å². The Hall–Kier alpha value is -1.55. The van der Waals surface area contributed by atoms with E-state index in [1.807, 2.05) is 43.3 Å². The fourth-order valence-electron chi connectivity index (χ4n) is 1.66. The summed E-state index contributed by atoms with van der Waals surface area (Å²) in [5, 5.41) is 3.25. The number of aryl methyl sites for hydroxylation is 1. The van der Waals surface area contributed by atoms with Gasteiger partial charge < -0.3 is 10.1 Å². The molecule has 3 nitrogen and oxygen atoms in total. The Morgan fingerprint density at radius 2 is 2.11 bits per heavy atom. The highest BCUT2D eigenvalue weighted by Crippen LogP contribution is 2.26. The molecule has 0 atom stereocenters. The molecule has 100 valence electrons. The van der Waals surface area contributed by atoms with Gasteiger partial charge in [-0.15, -0.1) is 0 Å². The van der Waals surface area contributed by atoms with Crippen LogP contribution in [0.2, 0.25) is 0 Å². The van der Waals surface area contributed by atoms with Crippen LogP contribution < -0.4 is 10.1 Å². The molecule has 2 rings (SSSR count). The molecule has 19 heavy (non-hydrogen) atoms. The van der Waals surface area contributed by atoms with E-state index in [4.69, 9.17) is 4.74 Å². The summed E-state index contributed by atoms with van der Waals surface area (Å²) in [6.45, 7) is 5.05. The molecule has 1 aromatic heterocycles. The van der Waals surface area contributed by atoms with Gasteiger partial charge in [0.15, 0.2) is 0 Å². The highest BCUT2D eigenvalue weighted by molar-refractivity contribution is 9.10. The van der Waals surface area contributed by atoms with E-state index >= 15 is 0 Å². The second-order valence-corrected chi connectivity index (χ2v) is 5.22. The molecular weight excluding hydrogens is 304 g/mol. The van der Waals surface area contributed by atoms with Crippen molar-refractivity contribution in [2.45, 2.75) is 20.3 Å². The minimum atomic E-state index is 0.603. The number of anilines is 1. The van der Waals surface area contributed by atoms with E-state index in [9.17, 15) is 0 Å². The Bertz CT molecular complexity index is 558. The number of hydrogen-bond acceptors (Lipinski definition) is 3. The molecule has 0 saturated carbocycles. The van der Waals surface area contributed by atoms with Gasteiger partial charge in [0.05, 0.1) is 0 Å². The van der Waals surface area contributed by atoms with E-state index in [0.717, 1.165) is 34.6 Å². The third-order valence-electron chi connectivity index (χ3n) is 2.63. The smallest absolute Gasteiger partial charge is 0.221 e. The quantitative estimate of drug-likeness (QED) is 0.861. The molecule has 0 amide bonds. The van der Waals surface area contributed by atoms with Gasteiger partial charge in [0.25, 0.3) is 0 Å². The van der Waals surface area contributed by atoms with Crippen molar-refractivity contribution in [3.8, 4) is 11.6 Å². The zero-order valence-electron chi connectivity index (χ0n) is 11.1. The van der Waals surface area contributed by atoms with E-state index < -0.39 is 0 Å². The van der Waals surface area contributed by atoms with E-state index in [-0.39, 0.29) is 0 Å². The predicted molar refractivity (Wildman–Crippen MR) is 82.0 cm³/mol. The Morgan fingerprint density at radius 3 is 2.84 bits per heavy atom. The Kier molecular flexibility index (Phi) is 4.80. The van der Waals surface area contributed by atoms with E-state index in [2.05, 4.69) is 33.2 Å². The lowest BCUT2D eigenvalue weighted by Gasteiger charge is -2.10. The first-order valence-corrected chi connectivity index (χ1v) is 7.13. The summed E-state index contributed by atoms with van der Waals surface area (Å²) < 4.78 is 6.86. The zero-order chi connectivity index (χ0) is 13.7. The molecule has 1 N–H and O–H groups in total. The number of nitrogens with one attached hydrogen (secondary N) is 1. The summed E-state index contributed by atoms with van der Waals surface area (Å²) in [5.41, 5.74) is 1.07. The number of aromatic nitrogens is 1. The summed E-state index contributed by atoms with van der Waals surface area (Å²) in [6.07, 6.45) is 1.07. The summed E-state index contributed by atoms with van der Waals surface area (Å²) in [4.78, 5) is 4.42. The number of pyridine rings is 1. The molecule has 2 aromatic rings. The molecule has 0 radical (unpaired) electrons. The van der Waals surface area contributed by atoms with Gasteiger partial charge in [0.2, 0.25) is 5.88 Å². The van der Waals surface area contributed by atoms with E-state index in [1.165, 1.54) is 0 Å². The Balaban J connectivity index is 2.14. The number of rotatable bonds is 5. The highest BCUT2D eigenvalue weighted by Gasteiger charge is 2.04. The van der Waals surface area contributed by atoms with Crippen LogP contribution in [-0.4, -0.2) is 11.5 Å². The molecule has 4 heteroatoms. The average Bonchev–Trinajstić information content (AvgIpc) is 2.40. The van der Waals surface area contributed by atoms with Crippen molar-refractivity contribution in [1.82, 2.24) is 4.98 Å². The van der Waals surface area contributed by atoms with Crippen molar-refractivity contribution in [3.05, 3.63) is 46.4 Å². The van der Waals surface area contributed by atoms with Gasteiger partial charge in [0, 0.05) is 17.1 Å². The third kappa shape index (κ3) is 3.96. The van der Waals surface area contributed by atoms with Gasteiger partial charge >= 0.3 is 0 Å². The van der Waals surface area contributed by atoms with Crippen molar-refractivity contribution < 1.29 is 4.74 Å². The van der Waals surface area contributed by atoms with Crippen LogP contribution in [-0.2, 0) is 0 Å². The van der Waals surface area contributed by atoms with Gasteiger partial charge in [-0.3, -0.25) is 0 Å². The van der Waals surface area contributed by atoms with Gasteiger partial charge in [-0.2, -0.15) is 4.98 Å². The van der Waals surface area contributed by atoms with E-state index in [0.29, 0.717) is 5.88 Å². The standard InChI is InChI=1S/C15H17BrN2O/c1-3-9-17-14-5-4-6-15(18-14)19-13-8-7-12(16)10-11(13)2/h4-8,10H,3,9H2,1-2H3,(H,17,18). The summed E-state index contributed by atoms with van der Waals surface area (Å²) in [6, 6.07) is 11.7. The Morgan fingerprint density at radius 1 is 1.26 bits per heavy atom. The maximum Gasteiger partial charge on any atom is 0.221 e. The maximum atomic E-state index is 5.81. The first kappa shape index (κ1) is 13.9. The lowest BCUT2D eigenvalue weighted by molar-refractivity contribution is 0.460. The van der Waals surface area contributed by atoms with Crippen LogP contribution in [0.5, 0.6) is 11.6 Å². The minimum Gasteiger partial charge on any atom is -0.439 e. The largest absolute Gasteiger partial charge is 0.439 e. The molecule has 1 heterocycles. The van der Waals surface area contributed by atoms with Crippen LogP contribution in [0.4, 0.5) is 5.82 Å². The van der Waals surface area contributed by atoms with Crippen LogP contribution >= 0.6 is 15.9 Å². The summed E-state index contributed by atoms with van der Waals surface area (Å²) in [5.74, 6) is 2.27. The van der Waals surface area contributed by atoms with Crippen LogP contribution in [0, 0.1) is 6.92 Å². The third-order valence-corrected chi connectivity index (χ3v) is 3.12. The fourth-order valence-corrected chi connectivity index (χ4v) is 2.14. The lowest BCUT2D eigenvalue weighted by Crippen LogP contribution is -2.02. The second kappa shape index (κ2) is 6.57. The van der Waals surface area contributed by atoms with Crippen LogP contribution in [0.3, 0.4) is 0 Å². The fraction of sp³-hybridized carbons (Fsp3) is 0.267. The number of benzene rings is 1. The minimum absolute atomic E-state index is 0.603. The van der Waals surface area contributed by atoms with Crippen molar-refractivity contribution in [2.24, 2.45) is 0 Å². The molecule has 0 bridgehead atoms. The van der Waals surface area contributed by atoms with Gasteiger partial charge in [-0.05, 0) is 43.2 Å². The van der Waals surface area contributed by atoms with Crippen LogP contribution in [0.1, 0.15) is 18.9 Å². The maximum absolute atomic E-state index is 5.81. The number of hydrogen-bond donors (Lipinski definition) is 1. The average molecular weight is 321 g/mol. The van der Waals surface area contributed by atoms with Crippen LogP contribution in [0.25, 0.3) is 0 Å². The summed E-state index contributed by atoms with van der Waals surface area (Å²) in [7, 11) is 0. The van der Waals surface area contributed by atoms with E-state index in [1.54, 1.807) is 0 Å². The molecule has 1 aromatic carbocycles. The zero-order valence-corrected chi connectivity index (χ0v) is 12.7. The van der Waals surface area contributed by atoms with Crippen LogP contribution in [0.15, 0.2) is 40.9 Å². The molecule has 0 aliphatic rings. The second-order valence-electron chi connectivity index (χ2n) is 4.30. The molecule has 0 fully saturated rings. The van der Waals surface area contributed by atoms with Crippen molar-refractivity contribution in [3.63, 3.8) is 0 Å². The van der Waals surface area contributed by atoms with Gasteiger partial charge in [0.1, 0.15) is 11.6 Å². The highest BCUT2D eigenvalue weighted by atomic mass is 79.9. The molecule has 0 saturated heterocycles. The van der Waals surface area contributed by atoms with Crippen molar-refractivity contribution in [1.29, 1.82) is 0 Å². The topological polar surface area (TPSA) is 34.1 Å². The van der Waals surface area contributed by atoms with Crippen molar-refractivity contribution in [2.75, 3.05) is 11.9 Å². The normalized spacial score (nSPS) is 10.3. The van der Waals surface area contributed by atoms with Gasteiger partial charge in [-0.1, -0.05) is 28.9 Å². The first-order valence-electron chi connectivity index (χ1n) is 6.34. The number of nitrogens with zero attached hydrogens (tertiary/aromatic N) is 1. The lowest BCUT2D eigenvalue weighted by atomic mass is 10.2. The number of halogens is 1. The number of ether oxygens (including phenoxy) is 1. The molecule has 0 spiro atoms. The SMILES string of the molecule is CCCNc1cccc(Oc2ccc(Br)cc2C)n1. The monoisotopic (exact) mass is 320 g/mol. The molecule has 0 aliphatic carbocycles. The molecule has 0 aliphatic heterocycles. The van der Waals surface area contributed by atoms with Gasteiger partial charge in [-0.25, -0.2) is 0 Å². The predicted octanol–water partition coefficient (Wildman–Crippen LogP) is 4.77. The Labute approximate surface area is 122 Å².